The molecule has 1 aliphatic heterocycles. The average Bonchev–Trinajstić information content (AvgIpc) is 3.27. The number of fused-ring (bicyclic) bond motifs is 1. The molecule has 0 spiro atoms. The zero-order valence-corrected chi connectivity index (χ0v) is 13.3. The zero-order chi connectivity index (χ0) is 15.5. The van der Waals surface area contributed by atoms with Gasteiger partial charge in [-0.3, -0.25) is 4.90 Å². The molecule has 1 aliphatic rings. The summed E-state index contributed by atoms with van der Waals surface area (Å²) in [6.07, 6.45) is 4.63. The van der Waals surface area contributed by atoms with Gasteiger partial charge in [-0.25, -0.2) is 0 Å². The molecule has 0 radical (unpaired) electrons. The first kappa shape index (κ1) is 14.3. The van der Waals surface area contributed by atoms with Crippen molar-refractivity contribution in [3.05, 3.63) is 66.4 Å². The van der Waals surface area contributed by atoms with Crippen LogP contribution in [0, 0.1) is 0 Å². The first-order valence-corrected chi connectivity index (χ1v) is 8.50. The first-order chi connectivity index (χ1) is 11.4. The number of rotatable bonds is 5. The highest BCUT2D eigenvalue weighted by Crippen LogP contribution is 2.26. The molecule has 3 aromatic rings. The van der Waals surface area contributed by atoms with Crippen molar-refractivity contribution in [2.24, 2.45) is 0 Å². The quantitative estimate of drug-likeness (QED) is 0.731. The van der Waals surface area contributed by atoms with Gasteiger partial charge in [-0.1, -0.05) is 30.3 Å². The summed E-state index contributed by atoms with van der Waals surface area (Å²) in [5.74, 6) is 0. The van der Waals surface area contributed by atoms with Gasteiger partial charge in [-0.05, 0) is 55.8 Å². The van der Waals surface area contributed by atoms with Crippen LogP contribution in [-0.2, 0) is 0 Å². The summed E-state index contributed by atoms with van der Waals surface area (Å²) in [6, 6.07) is 20.0. The molecule has 2 N–H and O–H groups in total. The molecule has 2 heterocycles. The van der Waals surface area contributed by atoms with Gasteiger partial charge >= 0.3 is 0 Å². The molecule has 0 saturated carbocycles. The van der Waals surface area contributed by atoms with Gasteiger partial charge in [0.2, 0.25) is 0 Å². The highest BCUT2D eigenvalue weighted by Gasteiger charge is 2.23. The summed E-state index contributed by atoms with van der Waals surface area (Å²) < 4.78 is 0. The Balaban J connectivity index is 1.52. The molecule has 0 aliphatic carbocycles. The van der Waals surface area contributed by atoms with E-state index in [2.05, 4.69) is 69.8 Å². The Morgan fingerprint density at radius 2 is 1.83 bits per heavy atom. The SMILES string of the molecule is c1ccc(C(CNc2ccc3[nH]ccc3c2)N2CCCC2)cc1. The predicted octanol–water partition coefficient (Wildman–Crippen LogP) is 4.42. The summed E-state index contributed by atoms with van der Waals surface area (Å²) in [7, 11) is 0. The van der Waals surface area contributed by atoms with E-state index in [1.807, 2.05) is 6.20 Å². The Morgan fingerprint density at radius 3 is 2.65 bits per heavy atom. The number of likely N-dealkylation sites (tertiary alicyclic amines) is 1. The van der Waals surface area contributed by atoms with Crippen molar-refractivity contribution in [3.8, 4) is 0 Å². The lowest BCUT2D eigenvalue weighted by Crippen LogP contribution is -2.31. The summed E-state index contributed by atoms with van der Waals surface area (Å²) >= 11 is 0. The Labute approximate surface area is 137 Å². The van der Waals surface area contributed by atoms with Crippen LogP contribution in [0.2, 0.25) is 0 Å². The predicted molar refractivity (Wildman–Crippen MR) is 96.8 cm³/mol. The highest BCUT2D eigenvalue weighted by molar-refractivity contribution is 5.82. The van der Waals surface area contributed by atoms with E-state index in [-0.39, 0.29) is 0 Å². The number of hydrogen-bond donors (Lipinski definition) is 2. The Kier molecular flexibility index (Phi) is 4.03. The van der Waals surface area contributed by atoms with Crippen molar-refractivity contribution in [2.75, 3.05) is 25.0 Å². The van der Waals surface area contributed by atoms with E-state index in [9.17, 15) is 0 Å². The van der Waals surface area contributed by atoms with Crippen LogP contribution >= 0.6 is 0 Å². The topological polar surface area (TPSA) is 31.1 Å². The van der Waals surface area contributed by atoms with E-state index >= 15 is 0 Å². The van der Waals surface area contributed by atoms with Crippen molar-refractivity contribution >= 4 is 16.6 Å². The van der Waals surface area contributed by atoms with Gasteiger partial charge in [0.15, 0.2) is 0 Å². The van der Waals surface area contributed by atoms with E-state index in [1.54, 1.807) is 0 Å². The number of benzene rings is 2. The zero-order valence-electron chi connectivity index (χ0n) is 13.3. The van der Waals surface area contributed by atoms with E-state index in [0.717, 1.165) is 6.54 Å². The average molecular weight is 305 g/mol. The van der Waals surface area contributed by atoms with Crippen LogP contribution in [0.1, 0.15) is 24.4 Å². The Hall–Kier alpha value is -2.26. The molecule has 4 rings (SSSR count). The third-order valence-electron chi connectivity index (χ3n) is 4.82. The lowest BCUT2D eigenvalue weighted by molar-refractivity contribution is 0.256. The van der Waals surface area contributed by atoms with Crippen LogP contribution < -0.4 is 5.32 Å². The number of aromatic nitrogens is 1. The fourth-order valence-corrected chi connectivity index (χ4v) is 3.56. The molecule has 1 unspecified atom stereocenters. The minimum atomic E-state index is 0.445. The molecular weight excluding hydrogens is 282 g/mol. The largest absolute Gasteiger partial charge is 0.383 e. The number of H-pyrrole nitrogens is 1. The first-order valence-electron chi connectivity index (χ1n) is 8.50. The van der Waals surface area contributed by atoms with Crippen molar-refractivity contribution in [1.29, 1.82) is 0 Å². The van der Waals surface area contributed by atoms with Gasteiger partial charge in [-0.2, -0.15) is 0 Å². The van der Waals surface area contributed by atoms with Gasteiger partial charge in [0.05, 0.1) is 6.04 Å². The fourth-order valence-electron chi connectivity index (χ4n) is 3.56. The molecule has 1 aromatic heterocycles. The van der Waals surface area contributed by atoms with Crippen LogP contribution in [-0.4, -0.2) is 29.5 Å². The van der Waals surface area contributed by atoms with Crippen LogP contribution in [0.5, 0.6) is 0 Å². The molecule has 23 heavy (non-hydrogen) atoms. The van der Waals surface area contributed by atoms with Crippen LogP contribution in [0.4, 0.5) is 5.69 Å². The number of nitrogens with one attached hydrogen (secondary N) is 2. The Morgan fingerprint density at radius 1 is 1.00 bits per heavy atom. The van der Waals surface area contributed by atoms with Crippen molar-refractivity contribution in [3.63, 3.8) is 0 Å². The van der Waals surface area contributed by atoms with Crippen LogP contribution in [0.3, 0.4) is 0 Å². The second kappa shape index (κ2) is 6.47. The van der Waals surface area contributed by atoms with Crippen molar-refractivity contribution in [2.45, 2.75) is 18.9 Å². The van der Waals surface area contributed by atoms with E-state index in [4.69, 9.17) is 0 Å². The maximum absolute atomic E-state index is 3.65. The minimum Gasteiger partial charge on any atom is -0.383 e. The number of aromatic amines is 1. The maximum Gasteiger partial charge on any atom is 0.0520 e. The normalized spacial score (nSPS) is 16.7. The smallest absolute Gasteiger partial charge is 0.0520 e. The number of anilines is 1. The number of hydrogen-bond acceptors (Lipinski definition) is 2. The van der Waals surface area contributed by atoms with Gasteiger partial charge in [0.25, 0.3) is 0 Å². The molecule has 2 aromatic carbocycles. The fraction of sp³-hybridized carbons (Fsp3) is 0.300. The molecule has 0 bridgehead atoms. The third-order valence-corrected chi connectivity index (χ3v) is 4.82. The molecule has 0 amide bonds. The second-order valence-electron chi connectivity index (χ2n) is 6.33. The minimum absolute atomic E-state index is 0.445. The molecule has 3 nitrogen and oxygen atoms in total. The molecule has 1 atom stereocenters. The van der Waals surface area contributed by atoms with Gasteiger partial charge in [0, 0.05) is 29.3 Å². The second-order valence-corrected chi connectivity index (χ2v) is 6.33. The van der Waals surface area contributed by atoms with Gasteiger partial charge < -0.3 is 10.3 Å². The van der Waals surface area contributed by atoms with Crippen molar-refractivity contribution in [1.82, 2.24) is 9.88 Å². The maximum atomic E-state index is 3.65. The lowest BCUT2D eigenvalue weighted by atomic mass is 10.1. The summed E-state index contributed by atoms with van der Waals surface area (Å²) in [5, 5.41) is 4.90. The number of nitrogens with zero attached hydrogens (tertiary/aromatic N) is 1. The van der Waals surface area contributed by atoms with Crippen LogP contribution in [0.25, 0.3) is 10.9 Å². The summed E-state index contributed by atoms with van der Waals surface area (Å²) in [5.41, 5.74) is 3.79. The summed E-state index contributed by atoms with van der Waals surface area (Å²) in [4.78, 5) is 5.85. The van der Waals surface area contributed by atoms with E-state index in [0.29, 0.717) is 6.04 Å². The highest BCUT2D eigenvalue weighted by atomic mass is 15.2. The molecule has 1 saturated heterocycles. The van der Waals surface area contributed by atoms with Crippen molar-refractivity contribution < 1.29 is 0 Å². The summed E-state index contributed by atoms with van der Waals surface area (Å²) in [6.45, 7) is 3.36. The van der Waals surface area contributed by atoms with Gasteiger partial charge in [0.1, 0.15) is 0 Å². The van der Waals surface area contributed by atoms with Crippen LogP contribution in [0.15, 0.2) is 60.8 Å². The molecule has 118 valence electrons. The van der Waals surface area contributed by atoms with Gasteiger partial charge in [-0.15, -0.1) is 0 Å². The standard InChI is InChI=1S/C20H23N3/c1-2-6-16(7-3-1)20(23-12-4-5-13-23)15-22-18-8-9-19-17(14-18)10-11-21-19/h1-3,6-11,14,20-22H,4-5,12-13,15H2. The molecular formula is C20H23N3. The van der Waals surface area contributed by atoms with E-state index < -0.39 is 0 Å². The third kappa shape index (κ3) is 3.10. The van der Waals surface area contributed by atoms with E-state index in [1.165, 1.54) is 48.1 Å². The Bertz CT molecular complexity index is 757. The molecule has 3 heteroatoms. The monoisotopic (exact) mass is 305 g/mol. The lowest BCUT2D eigenvalue weighted by Gasteiger charge is -2.28. The molecule has 1 fully saturated rings.